The average Bonchev–Trinajstić information content (AvgIpc) is 3.26. The first-order valence-corrected chi connectivity index (χ1v) is 9.93. The van der Waals surface area contributed by atoms with Crippen LogP contribution >= 0.6 is 46.9 Å². The highest BCUT2D eigenvalue weighted by atomic mass is 127. The molecule has 1 atom stereocenters. The predicted octanol–water partition coefficient (Wildman–Crippen LogP) is 2.10. The first-order valence-electron chi connectivity index (χ1n) is 8.73. The molecule has 2 aromatic rings. The van der Waals surface area contributed by atoms with Crippen LogP contribution in [-0.4, -0.2) is 64.4 Å². The van der Waals surface area contributed by atoms with Crippen LogP contribution in [0.1, 0.15) is 17.9 Å². The number of rotatable bonds is 5. The molecule has 0 aromatic carbocycles. The standard InChI is InChI=1S/C17H23ClN6O2S.HI/c1-3-19-17(20-9-13(25)14-4-5-15(18)27-14)23-6-7-24(16(26)11-23)12-8-21-22(2)10-12;/h4-5,8,10,13,25H,3,6-7,9,11H2,1-2H3,(H,19,20);1H. The molecule has 154 valence electrons. The summed E-state index contributed by atoms with van der Waals surface area (Å²) in [6, 6.07) is 3.56. The molecule has 0 aliphatic carbocycles. The third-order valence-electron chi connectivity index (χ3n) is 4.19. The van der Waals surface area contributed by atoms with Gasteiger partial charge in [0.25, 0.3) is 0 Å². The van der Waals surface area contributed by atoms with Crippen LogP contribution in [0.5, 0.6) is 0 Å². The summed E-state index contributed by atoms with van der Waals surface area (Å²) in [5.74, 6) is 0.615. The number of carbonyl (C=O) groups is 1. The molecule has 11 heteroatoms. The van der Waals surface area contributed by atoms with Gasteiger partial charge in [-0.2, -0.15) is 5.10 Å². The zero-order valence-corrected chi connectivity index (χ0v) is 19.6. The Labute approximate surface area is 190 Å². The highest BCUT2D eigenvalue weighted by molar-refractivity contribution is 14.0. The molecule has 3 heterocycles. The highest BCUT2D eigenvalue weighted by Crippen LogP contribution is 2.27. The summed E-state index contributed by atoms with van der Waals surface area (Å²) in [5.41, 5.74) is 0.800. The maximum absolute atomic E-state index is 12.6. The van der Waals surface area contributed by atoms with E-state index in [2.05, 4.69) is 15.4 Å². The summed E-state index contributed by atoms with van der Waals surface area (Å²) in [7, 11) is 1.83. The molecule has 0 saturated carbocycles. The summed E-state index contributed by atoms with van der Waals surface area (Å²) < 4.78 is 2.32. The molecule has 8 nitrogen and oxygen atoms in total. The van der Waals surface area contributed by atoms with Gasteiger partial charge in [-0.25, -0.2) is 0 Å². The van der Waals surface area contributed by atoms with Crippen molar-refractivity contribution in [2.45, 2.75) is 13.0 Å². The van der Waals surface area contributed by atoms with Gasteiger partial charge < -0.3 is 20.2 Å². The highest BCUT2D eigenvalue weighted by Gasteiger charge is 2.27. The number of nitrogens with one attached hydrogen (secondary N) is 1. The van der Waals surface area contributed by atoms with Crippen molar-refractivity contribution in [3.8, 4) is 0 Å². The number of aliphatic hydroxyl groups is 1. The van der Waals surface area contributed by atoms with E-state index in [1.165, 1.54) is 11.3 Å². The Morgan fingerprint density at radius 2 is 2.25 bits per heavy atom. The van der Waals surface area contributed by atoms with Crippen molar-refractivity contribution in [3.63, 3.8) is 0 Å². The number of halogens is 2. The molecule has 28 heavy (non-hydrogen) atoms. The molecular weight excluding hydrogens is 515 g/mol. The zero-order chi connectivity index (χ0) is 19.4. The third kappa shape index (κ3) is 5.58. The second-order valence-corrected chi connectivity index (χ2v) is 7.94. The smallest absolute Gasteiger partial charge is 0.246 e. The van der Waals surface area contributed by atoms with Crippen molar-refractivity contribution >= 4 is 64.5 Å². The largest absolute Gasteiger partial charge is 0.386 e. The number of aromatic nitrogens is 2. The van der Waals surface area contributed by atoms with Crippen LogP contribution in [0.3, 0.4) is 0 Å². The molecular formula is C17H24ClIN6O2S. The van der Waals surface area contributed by atoms with Gasteiger partial charge in [-0.1, -0.05) is 11.6 Å². The second kappa shape index (κ2) is 10.4. The van der Waals surface area contributed by atoms with Gasteiger partial charge in [0, 0.05) is 37.8 Å². The monoisotopic (exact) mass is 538 g/mol. The van der Waals surface area contributed by atoms with Gasteiger partial charge in [0.2, 0.25) is 5.91 Å². The van der Waals surface area contributed by atoms with Crippen molar-refractivity contribution in [3.05, 3.63) is 33.7 Å². The maximum atomic E-state index is 12.6. The van der Waals surface area contributed by atoms with Crippen LogP contribution in [0, 0.1) is 0 Å². The zero-order valence-electron chi connectivity index (χ0n) is 15.7. The number of aliphatic hydroxyl groups excluding tert-OH is 1. The van der Waals surface area contributed by atoms with Crippen LogP contribution in [0.4, 0.5) is 5.69 Å². The number of amides is 1. The summed E-state index contributed by atoms with van der Waals surface area (Å²) in [4.78, 5) is 21.5. The van der Waals surface area contributed by atoms with Gasteiger partial charge in [0.15, 0.2) is 5.96 Å². The first-order chi connectivity index (χ1) is 13.0. The van der Waals surface area contributed by atoms with Crippen molar-refractivity contribution in [2.24, 2.45) is 12.0 Å². The van der Waals surface area contributed by atoms with E-state index in [9.17, 15) is 9.90 Å². The Bertz CT molecular complexity index is 826. The van der Waals surface area contributed by atoms with E-state index in [0.717, 1.165) is 10.6 Å². The van der Waals surface area contributed by atoms with E-state index >= 15 is 0 Å². The van der Waals surface area contributed by atoms with E-state index in [-0.39, 0.29) is 43.0 Å². The number of nitrogens with zero attached hydrogens (tertiary/aromatic N) is 5. The Morgan fingerprint density at radius 3 is 2.82 bits per heavy atom. The number of piperazine rings is 1. The van der Waals surface area contributed by atoms with E-state index < -0.39 is 6.10 Å². The molecule has 1 aliphatic heterocycles. The summed E-state index contributed by atoms with van der Waals surface area (Å²) in [5, 5.41) is 17.6. The van der Waals surface area contributed by atoms with Crippen molar-refractivity contribution < 1.29 is 9.90 Å². The van der Waals surface area contributed by atoms with E-state index in [1.807, 2.05) is 25.1 Å². The number of aryl methyl sites for hydroxylation is 1. The summed E-state index contributed by atoms with van der Waals surface area (Å²) >= 11 is 7.26. The lowest BCUT2D eigenvalue weighted by Gasteiger charge is -2.35. The van der Waals surface area contributed by atoms with Gasteiger partial charge in [0.05, 0.1) is 22.8 Å². The quantitative estimate of drug-likeness (QED) is 0.346. The van der Waals surface area contributed by atoms with Crippen molar-refractivity contribution in [1.29, 1.82) is 0 Å². The molecule has 0 radical (unpaired) electrons. The van der Waals surface area contributed by atoms with Crippen LogP contribution in [0.25, 0.3) is 0 Å². The minimum absolute atomic E-state index is 0. The molecule has 2 aromatic heterocycles. The first kappa shape index (κ1) is 22.9. The Morgan fingerprint density at radius 1 is 1.46 bits per heavy atom. The number of hydrogen-bond acceptors (Lipinski definition) is 5. The normalized spacial score (nSPS) is 16.1. The minimum atomic E-state index is -0.719. The molecule has 2 N–H and O–H groups in total. The van der Waals surface area contributed by atoms with Crippen LogP contribution in [-0.2, 0) is 11.8 Å². The van der Waals surface area contributed by atoms with Gasteiger partial charge in [0.1, 0.15) is 12.6 Å². The van der Waals surface area contributed by atoms with Crippen LogP contribution < -0.4 is 10.2 Å². The number of thiophene rings is 1. The molecule has 3 rings (SSSR count). The Hall–Kier alpha value is -1.37. The fraction of sp³-hybridized carbons (Fsp3) is 0.471. The summed E-state index contributed by atoms with van der Waals surface area (Å²) in [6.45, 7) is 4.28. The summed E-state index contributed by atoms with van der Waals surface area (Å²) in [6.07, 6.45) is 2.80. The molecule has 1 amide bonds. The van der Waals surface area contributed by atoms with Gasteiger partial charge in [-0.15, -0.1) is 35.3 Å². The number of hydrogen-bond donors (Lipinski definition) is 2. The number of guanidine groups is 1. The fourth-order valence-corrected chi connectivity index (χ4v) is 3.91. The number of anilines is 1. The van der Waals surface area contributed by atoms with E-state index in [0.29, 0.717) is 29.9 Å². The third-order valence-corrected chi connectivity index (χ3v) is 5.53. The SMILES string of the molecule is CCNC(=NCC(O)c1ccc(Cl)s1)N1CCN(c2cnn(C)c2)C(=O)C1.I. The lowest BCUT2D eigenvalue weighted by atomic mass is 10.3. The van der Waals surface area contributed by atoms with Crippen molar-refractivity contribution in [2.75, 3.05) is 37.6 Å². The molecule has 0 spiro atoms. The average molecular weight is 539 g/mol. The van der Waals surface area contributed by atoms with Gasteiger partial charge >= 0.3 is 0 Å². The molecule has 1 fully saturated rings. The molecule has 1 unspecified atom stereocenters. The number of carbonyl (C=O) groups excluding carboxylic acids is 1. The van der Waals surface area contributed by atoms with E-state index in [4.69, 9.17) is 11.6 Å². The lowest BCUT2D eigenvalue weighted by Crippen LogP contribution is -2.55. The van der Waals surface area contributed by atoms with E-state index in [1.54, 1.807) is 27.9 Å². The minimum Gasteiger partial charge on any atom is -0.386 e. The van der Waals surface area contributed by atoms with Crippen molar-refractivity contribution in [1.82, 2.24) is 20.0 Å². The molecule has 1 aliphatic rings. The number of aliphatic imine (C=N–C) groups is 1. The van der Waals surface area contributed by atoms with Crippen LogP contribution in [0.15, 0.2) is 29.5 Å². The topological polar surface area (TPSA) is 86.0 Å². The molecule has 1 saturated heterocycles. The van der Waals surface area contributed by atoms with Gasteiger partial charge in [-0.3, -0.25) is 14.5 Å². The van der Waals surface area contributed by atoms with Gasteiger partial charge in [-0.05, 0) is 19.1 Å². The lowest BCUT2D eigenvalue weighted by molar-refractivity contribution is -0.120. The Balaban J connectivity index is 0.00000280. The predicted molar refractivity (Wildman–Crippen MR) is 123 cm³/mol. The molecule has 0 bridgehead atoms. The second-order valence-electron chi connectivity index (χ2n) is 6.19. The maximum Gasteiger partial charge on any atom is 0.246 e. The fourth-order valence-electron chi connectivity index (χ4n) is 2.87. The Kier molecular flexibility index (Phi) is 8.53. The van der Waals surface area contributed by atoms with Crippen LogP contribution in [0.2, 0.25) is 4.34 Å².